The molecule has 172 valence electrons. The highest BCUT2D eigenvalue weighted by Gasteiger charge is 2.05. The first-order valence-electron chi connectivity index (χ1n) is 11.8. The van der Waals surface area contributed by atoms with E-state index < -0.39 is 0 Å². The fourth-order valence-corrected chi connectivity index (χ4v) is 3.34. The largest absolute Gasteiger partial charge is 0.458 e. The molecule has 0 bridgehead atoms. The van der Waals surface area contributed by atoms with Crippen LogP contribution in [0.1, 0.15) is 67.2 Å². The second-order valence-electron chi connectivity index (χ2n) is 9.49. The Kier molecular flexibility index (Phi) is 10.6. The van der Waals surface area contributed by atoms with Crippen LogP contribution in [0.25, 0.3) is 0 Å². The first-order chi connectivity index (χ1) is 14.8. The summed E-state index contributed by atoms with van der Waals surface area (Å²) in [5, 5.41) is 7.09. The van der Waals surface area contributed by atoms with Gasteiger partial charge < -0.3 is 20.1 Å². The van der Waals surface area contributed by atoms with Gasteiger partial charge in [0.1, 0.15) is 11.5 Å². The smallest absolute Gasteiger partial charge is 0.230 e. The van der Waals surface area contributed by atoms with E-state index in [4.69, 9.17) is 9.47 Å². The van der Waals surface area contributed by atoms with Gasteiger partial charge >= 0.3 is 0 Å². The average molecular weight is 427 g/mol. The van der Waals surface area contributed by atoms with Gasteiger partial charge in [-0.2, -0.15) is 0 Å². The van der Waals surface area contributed by atoms with Crippen molar-refractivity contribution in [1.29, 1.82) is 0 Å². The maximum Gasteiger partial charge on any atom is 0.230 e. The summed E-state index contributed by atoms with van der Waals surface area (Å²) in [6.07, 6.45) is 4.83. The highest BCUT2D eigenvalue weighted by atomic mass is 16.7. The van der Waals surface area contributed by atoms with Crippen LogP contribution in [0.2, 0.25) is 0 Å². The molecule has 0 aliphatic rings. The normalized spacial score (nSPS) is 13.2. The maximum atomic E-state index is 5.73. The molecule has 0 aromatic heterocycles. The number of anilines is 2. The number of rotatable bonds is 14. The lowest BCUT2D eigenvalue weighted by atomic mass is 10.0. The molecule has 0 heterocycles. The summed E-state index contributed by atoms with van der Waals surface area (Å²) < 4.78 is 11.5. The van der Waals surface area contributed by atoms with E-state index in [1.54, 1.807) is 0 Å². The van der Waals surface area contributed by atoms with E-state index in [1.165, 1.54) is 25.7 Å². The summed E-state index contributed by atoms with van der Waals surface area (Å²) in [6, 6.07) is 17.1. The summed E-state index contributed by atoms with van der Waals surface area (Å²) >= 11 is 0. The van der Waals surface area contributed by atoms with Crippen LogP contribution in [-0.4, -0.2) is 18.9 Å². The fourth-order valence-electron chi connectivity index (χ4n) is 3.34. The van der Waals surface area contributed by atoms with Crippen molar-refractivity contribution in [1.82, 2.24) is 0 Å². The van der Waals surface area contributed by atoms with Crippen molar-refractivity contribution in [3.05, 3.63) is 48.5 Å². The quantitative estimate of drug-likeness (QED) is 0.306. The lowest BCUT2D eigenvalue weighted by molar-refractivity contribution is 0.120. The van der Waals surface area contributed by atoms with Gasteiger partial charge in [-0.15, -0.1) is 0 Å². The van der Waals surface area contributed by atoms with Gasteiger partial charge in [-0.1, -0.05) is 27.7 Å². The fraction of sp³-hybridized carbons (Fsp3) is 0.556. The van der Waals surface area contributed by atoms with Crippen molar-refractivity contribution < 1.29 is 9.47 Å². The van der Waals surface area contributed by atoms with Crippen molar-refractivity contribution in [2.24, 2.45) is 11.8 Å². The Labute approximate surface area is 189 Å². The number of hydrogen-bond donors (Lipinski definition) is 2. The molecule has 2 rings (SSSR count). The Morgan fingerprint density at radius 1 is 0.548 bits per heavy atom. The average Bonchev–Trinajstić information content (AvgIpc) is 2.73. The van der Waals surface area contributed by atoms with Gasteiger partial charge in [0.15, 0.2) is 0 Å². The molecule has 0 spiro atoms. The van der Waals surface area contributed by atoms with Crippen LogP contribution in [-0.2, 0) is 0 Å². The van der Waals surface area contributed by atoms with E-state index in [1.807, 2.05) is 24.3 Å². The van der Waals surface area contributed by atoms with Crippen LogP contribution in [0.3, 0.4) is 0 Å². The molecule has 2 aromatic rings. The second kappa shape index (κ2) is 13.1. The molecule has 0 saturated carbocycles. The highest BCUT2D eigenvalue weighted by Crippen LogP contribution is 2.20. The van der Waals surface area contributed by atoms with Crippen molar-refractivity contribution >= 4 is 11.4 Å². The molecule has 0 radical (unpaired) electrons. The van der Waals surface area contributed by atoms with Crippen LogP contribution >= 0.6 is 0 Å². The predicted molar refractivity (Wildman–Crippen MR) is 133 cm³/mol. The molecule has 0 aliphatic heterocycles. The summed E-state index contributed by atoms with van der Waals surface area (Å²) in [4.78, 5) is 0. The zero-order chi connectivity index (χ0) is 22.6. The van der Waals surface area contributed by atoms with E-state index in [0.717, 1.165) is 34.7 Å². The topological polar surface area (TPSA) is 42.5 Å². The molecular weight excluding hydrogens is 384 g/mol. The Morgan fingerprint density at radius 2 is 0.903 bits per heavy atom. The van der Waals surface area contributed by atoms with Crippen LogP contribution < -0.4 is 20.1 Å². The van der Waals surface area contributed by atoms with Gasteiger partial charge in [-0.3, -0.25) is 0 Å². The van der Waals surface area contributed by atoms with E-state index in [2.05, 4.69) is 76.4 Å². The number of nitrogens with one attached hydrogen (secondary N) is 2. The predicted octanol–water partition coefficient (Wildman–Crippen LogP) is 7.58. The zero-order valence-electron chi connectivity index (χ0n) is 20.3. The minimum Gasteiger partial charge on any atom is -0.458 e. The van der Waals surface area contributed by atoms with Crippen LogP contribution in [0.15, 0.2) is 48.5 Å². The standard InChI is InChI=1S/C27H42N2O2/c1-20(2)7-9-22(5)28-24-11-15-26(16-12-24)30-19-31-27-17-13-25(14-18-27)29-23(6)10-8-21(3)4/h11-18,20-23,28-29H,7-10,19H2,1-6H3. The summed E-state index contributed by atoms with van der Waals surface area (Å²) in [7, 11) is 0. The minimum atomic E-state index is 0.190. The van der Waals surface area contributed by atoms with Gasteiger partial charge in [-0.25, -0.2) is 0 Å². The third-order valence-corrected chi connectivity index (χ3v) is 5.34. The number of benzene rings is 2. The van der Waals surface area contributed by atoms with Crippen LogP contribution in [0.5, 0.6) is 11.5 Å². The Hall–Kier alpha value is -2.36. The first-order valence-corrected chi connectivity index (χ1v) is 11.8. The second-order valence-corrected chi connectivity index (χ2v) is 9.49. The van der Waals surface area contributed by atoms with Crippen molar-refractivity contribution in [2.75, 3.05) is 17.4 Å². The maximum absolute atomic E-state index is 5.73. The van der Waals surface area contributed by atoms with Gasteiger partial charge in [0.25, 0.3) is 0 Å². The van der Waals surface area contributed by atoms with E-state index >= 15 is 0 Å². The molecule has 4 heteroatoms. The summed E-state index contributed by atoms with van der Waals surface area (Å²) in [5.74, 6) is 3.09. The molecule has 31 heavy (non-hydrogen) atoms. The van der Waals surface area contributed by atoms with Gasteiger partial charge in [0, 0.05) is 23.5 Å². The molecule has 0 saturated heterocycles. The summed E-state index contributed by atoms with van der Waals surface area (Å²) in [6.45, 7) is 13.7. The molecule has 4 nitrogen and oxygen atoms in total. The Balaban J connectivity index is 1.70. The molecule has 2 N–H and O–H groups in total. The lowest BCUT2D eigenvalue weighted by Crippen LogP contribution is -2.15. The van der Waals surface area contributed by atoms with Crippen molar-refractivity contribution in [3.8, 4) is 11.5 Å². The van der Waals surface area contributed by atoms with E-state index in [9.17, 15) is 0 Å². The molecule has 2 aromatic carbocycles. The van der Waals surface area contributed by atoms with Crippen molar-refractivity contribution in [3.63, 3.8) is 0 Å². The Bertz CT molecular complexity index is 662. The molecule has 2 atom stereocenters. The molecular formula is C27H42N2O2. The number of hydrogen-bond acceptors (Lipinski definition) is 4. The van der Waals surface area contributed by atoms with Crippen LogP contribution in [0, 0.1) is 11.8 Å². The van der Waals surface area contributed by atoms with Gasteiger partial charge in [0.2, 0.25) is 6.79 Å². The zero-order valence-corrected chi connectivity index (χ0v) is 20.3. The van der Waals surface area contributed by atoms with Crippen LogP contribution in [0.4, 0.5) is 11.4 Å². The summed E-state index contributed by atoms with van der Waals surface area (Å²) in [5.41, 5.74) is 2.24. The number of ether oxygens (including phenoxy) is 2. The van der Waals surface area contributed by atoms with Crippen molar-refractivity contribution in [2.45, 2.75) is 79.3 Å². The lowest BCUT2D eigenvalue weighted by Gasteiger charge is -2.17. The Morgan fingerprint density at radius 3 is 1.23 bits per heavy atom. The molecule has 0 fully saturated rings. The SMILES string of the molecule is CC(C)CCC(C)Nc1ccc(OCOc2ccc(NC(C)CCC(C)C)cc2)cc1. The molecule has 0 amide bonds. The first kappa shape index (κ1) is 24.9. The highest BCUT2D eigenvalue weighted by molar-refractivity contribution is 5.47. The minimum absolute atomic E-state index is 0.190. The van der Waals surface area contributed by atoms with E-state index in [-0.39, 0.29) is 6.79 Å². The third kappa shape index (κ3) is 10.5. The van der Waals surface area contributed by atoms with E-state index in [0.29, 0.717) is 12.1 Å². The van der Waals surface area contributed by atoms with Gasteiger partial charge in [0.05, 0.1) is 0 Å². The third-order valence-electron chi connectivity index (χ3n) is 5.34. The monoisotopic (exact) mass is 426 g/mol. The molecule has 2 unspecified atom stereocenters. The molecule has 0 aliphatic carbocycles. The van der Waals surface area contributed by atoms with Gasteiger partial charge in [-0.05, 0) is 99.9 Å².